The van der Waals surface area contributed by atoms with Crippen molar-refractivity contribution in [2.45, 2.75) is 50.0 Å². The van der Waals surface area contributed by atoms with Crippen LogP contribution in [0.15, 0.2) is 60.7 Å². The third-order valence-corrected chi connectivity index (χ3v) is 4.45. The maximum atomic E-state index is 10.3. The van der Waals surface area contributed by atoms with Crippen LogP contribution in [0.1, 0.15) is 24.0 Å². The number of aliphatic hydroxyl groups excluding tert-OH is 2. The van der Waals surface area contributed by atoms with Crippen LogP contribution in [0.3, 0.4) is 0 Å². The Morgan fingerprint density at radius 3 is 1.23 bits per heavy atom. The average Bonchev–Trinajstić information content (AvgIpc) is 2.64. The van der Waals surface area contributed by atoms with Gasteiger partial charge in [0.1, 0.15) is 0 Å². The molecule has 0 unspecified atom stereocenters. The molecule has 0 radical (unpaired) electrons. The molecule has 0 aliphatic carbocycles. The lowest BCUT2D eigenvalue weighted by molar-refractivity contribution is -0.0126. The summed E-state index contributed by atoms with van der Waals surface area (Å²) in [6.45, 7) is 0. The summed E-state index contributed by atoms with van der Waals surface area (Å²) in [5, 5.41) is 20.6. The predicted octanol–water partition coefficient (Wildman–Crippen LogP) is 2.47. The first kappa shape index (κ1) is 24.9. The highest BCUT2D eigenvalue weighted by molar-refractivity contribution is 5.85. The molecule has 0 aliphatic rings. The van der Waals surface area contributed by atoms with Gasteiger partial charge in [0.25, 0.3) is 0 Å². The van der Waals surface area contributed by atoms with Crippen molar-refractivity contribution in [2.24, 2.45) is 11.5 Å². The van der Waals surface area contributed by atoms with Crippen molar-refractivity contribution in [2.75, 3.05) is 0 Å². The lowest BCUT2D eigenvalue weighted by atomic mass is 9.92. The SMILES string of the molecule is Cl.Cl.N[C@@H](CCc1ccccc1)[C@@H](O)[C@H](O)[C@@H](N)CCc1ccccc1. The van der Waals surface area contributed by atoms with Gasteiger partial charge in [-0.15, -0.1) is 24.8 Å². The van der Waals surface area contributed by atoms with E-state index in [2.05, 4.69) is 0 Å². The highest BCUT2D eigenvalue weighted by atomic mass is 35.5. The van der Waals surface area contributed by atoms with Crippen LogP contribution in [0.2, 0.25) is 0 Å². The Morgan fingerprint density at radius 2 is 0.923 bits per heavy atom. The minimum Gasteiger partial charge on any atom is -0.389 e. The van der Waals surface area contributed by atoms with Gasteiger partial charge in [0.05, 0.1) is 12.2 Å². The summed E-state index contributed by atoms with van der Waals surface area (Å²) in [6.07, 6.45) is 0.719. The Kier molecular flexibility index (Phi) is 12.5. The van der Waals surface area contributed by atoms with Crippen LogP contribution < -0.4 is 11.5 Å². The average molecular weight is 401 g/mol. The van der Waals surface area contributed by atoms with Crippen molar-refractivity contribution >= 4 is 24.8 Å². The van der Waals surface area contributed by atoms with Crippen molar-refractivity contribution in [1.82, 2.24) is 0 Å². The largest absolute Gasteiger partial charge is 0.389 e. The van der Waals surface area contributed by atoms with Crippen LogP contribution in [0.4, 0.5) is 0 Å². The Morgan fingerprint density at radius 1 is 0.615 bits per heavy atom. The zero-order valence-corrected chi connectivity index (χ0v) is 16.4. The van der Waals surface area contributed by atoms with Crippen molar-refractivity contribution in [3.8, 4) is 0 Å². The van der Waals surface area contributed by atoms with E-state index in [1.165, 1.54) is 11.1 Å². The molecular formula is C20H30Cl2N2O2. The molecule has 0 heterocycles. The van der Waals surface area contributed by atoms with Crippen LogP contribution in [-0.4, -0.2) is 34.5 Å². The van der Waals surface area contributed by atoms with Crippen LogP contribution in [0.5, 0.6) is 0 Å². The molecule has 2 aromatic rings. The molecule has 146 valence electrons. The Balaban J connectivity index is 0.00000312. The Hall–Kier alpha value is -1.14. The number of aryl methyl sites for hydroxylation is 2. The summed E-state index contributed by atoms with van der Waals surface area (Å²) in [5.74, 6) is 0. The van der Waals surface area contributed by atoms with Gasteiger partial charge in [-0.05, 0) is 36.8 Å². The third kappa shape index (κ3) is 8.04. The molecule has 2 rings (SSSR count). The maximum absolute atomic E-state index is 10.3. The van der Waals surface area contributed by atoms with Crippen LogP contribution in [0, 0.1) is 0 Å². The molecule has 26 heavy (non-hydrogen) atoms. The van der Waals surface area contributed by atoms with Gasteiger partial charge < -0.3 is 21.7 Å². The van der Waals surface area contributed by atoms with E-state index in [1.807, 2.05) is 60.7 Å². The first-order chi connectivity index (χ1) is 11.6. The van der Waals surface area contributed by atoms with Gasteiger partial charge in [-0.2, -0.15) is 0 Å². The quantitative estimate of drug-likeness (QED) is 0.520. The van der Waals surface area contributed by atoms with Gasteiger partial charge in [0.15, 0.2) is 0 Å². The summed E-state index contributed by atoms with van der Waals surface area (Å²) in [6, 6.07) is 19.0. The summed E-state index contributed by atoms with van der Waals surface area (Å²) in [5.41, 5.74) is 14.4. The number of nitrogens with two attached hydrogens (primary N) is 2. The number of halogens is 2. The minimum atomic E-state index is -1.01. The highest BCUT2D eigenvalue weighted by Gasteiger charge is 2.28. The van der Waals surface area contributed by atoms with E-state index >= 15 is 0 Å². The second-order valence-corrected chi connectivity index (χ2v) is 6.36. The maximum Gasteiger partial charge on any atom is 0.0964 e. The summed E-state index contributed by atoms with van der Waals surface area (Å²) >= 11 is 0. The van der Waals surface area contributed by atoms with E-state index < -0.39 is 24.3 Å². The van der Waals surface area contributed by atoms with Crippen molar-refractivity contribution in [3.05, 3.63) is 71.8 Å². The third-order valence-electron chi connectivity index (χ3n) is 4.45. The van der Waals surface area contributed by atoms with Crippen molar-refractivity contribution < 1.29 is 10.2 Å². The predicted molar refractivity (Wildman–Crippen MR) is 112 cm³/mol. The zero-order chi connectivity index (χ0) is 17.4. The Bertz CT molecular complexity index is 533. The van der Waals surface area contributed by atoms with Gasteiger partial charge >= 0.3 is 0 Å². The van der Waals surface area contributed by atoms with Gasteiger partial charge in [-0.25, -0.2) is 0 Å². The molecule has 2 aromatic carbocycles. The molecule has 0 aliphatic heterocycles. The summed E-state index contributed by atoms with van der Waals surface area (Å²) < 4.78 is 0. The molecule has 0 fully saturated rings. The summed E-state index contributed by atoms with van der Waals surface area (Å²) in [7, 11) is 0. The standard InChI is InChI=1S/C20H28N2O2.2ClH/c21-17(13-11-15-7-3-1-4-8-15)19(23)20(24)18(22)14-12-16-9-5-2-6-10-16;;/h1-10,17-20,23-24H,11-14,21-22H2;2*1H/t17-,18-,19+,20+;;/m0../s1. The van der Waals surface area contributed by atoms with Crippen LogP contribution in [0.25, 0.3) is 0 Å². The molecule has 0 aromatic heterocycles. The second kappa shape index (κ2) is 13.1. The molecular weight excluding hydrogens is 371 g/mol. The fourth-order valence-corrected chi connectivity index (χ4v) is 2.80. The van der Waals surface area contributed by atoms with E-state index in [9.17, 15) is 10.2 Å². The first-order valence-electron chi connectivity index (χ1n) is 8.53. The zero-order valence-electron chi connectivity index (χ0n) is 14.8. The fraction of sp³-hybridized carbons (Fsp3) is 0.400. The molecule has 0 saturated heterocycles. The number of hydrogen-bond acceptors (Lipinski definition) is 4. The van der Waals surface area contributed by atoms with Crippen molar-refractivity contribution in [1.29, 1.82) is 0 Å². The molecule has 0 amide bonds. The number of aliphatic hydroxyl groups is 2. The van der Waals surface area contributed by atoms with Crippen LogP contribution in [-0.2, 0) is 12.8 Å². The van der Waals surface area contributed by atoms with Gasteiger partial charge in [0.2, 0.25) is 0 Å². The molecule has 6 N–H and O–H groups in total. The molecule has 0 saturated carbocycles. The molecule has 0 bridgehead atoms. The van der Waals surface area contributed by atoms with E-state index in [-0.39, 0.29) is 24.8 Å². The monoisotopic (exact) mass is 400 g/mol. The fourth-order valence-electron chi connectivity index (χ4n) is 2.80. The molecule has 4 atom stereocenters. The Labute approximate surface area is 168 Å². The van der Waals surface area contributed by atoms with E-state index in [4.69, 9.17) is 11.5 Å². The van der Waals surface area contributed by atoms with Gasteiger partial charge in [-0.1, -0.05) is 60.7 Å². The summed E-state index contributed by atoms with van der Waals surface area (Å²) in [4.78, 5) is 0. The van der Waals surface area contributed by atoms with E-state index in [0.29, 0.717) is 12.8 Å². The topological polar surface area (TPSA) is 92.5 Å². The molecule has 4 nitrogen and oxygen atoms in total. The second-order valence-electron chi connectivity index (χ2n) is 6.36. The number of benzene rings is 2. The van der Waals surface area contributed by atoms with E-state index in [0.717, 1.165) is 12.8 Å². The normalized spacial score (nSPS) is 15.1. The molecule has 0 spiro atoms. The number of hydrogen-bond donors (Lipinski definition) is 4. The van der Waals surface area contributed by atoms with Crippen molar-refractivity contribution in [3.63, 3.8) is 0 Å². The van der Waals surface area contributed by atoms with Crippen LogP contribution >= 0.6 is 24.8 Å². The number of rotatable bonds is 9. The lowest BCUT2D eigenvalue weighted by Gasteiger charge is -2.28. The smallest absolute Gasteiger partial charge is 0.0964 e. The van der Waals surface area contributed by atoms with Gasteiger partial charge in [-0.3, -0.25) is 0 Å². The lowest BCUT2D eigenvalue weighted by Crippen LogP contribution is -2.51. The first-order valence-corrected chi connectivity index (χ1v) is 8.53. The van der Waals surface area contributed by atoms with E-state index in [1.54, 1.807) is 0 Å². The highest BCUT2D eigenvalue weighted by Crippen LogP contribution is 2.13. The minimum absolute atomic E-state index is 0. The molecule has 6 heteroatoms. The van der Waals surface area contributed by atoms with Gasteiger partial charge in [0, 0.05) is 12.1 Å².